The molecular weight excluding hydrogens is 164 g/mol. The monoisotopic (exact) mass is 182 g/mol. The van der Waals surface area contributed by atoms with E-state index in [1.165, 1.54) is 32.0 Å². The fourth-order valence-corrected chi connectivity index (χ4v) is 2.87. The minimum Gasteiger partial charge on any atom is -0.381 e. The predicted molar refractivity (Wildman–Crippen MR) is 50.5 cm³/mol. The summed E-state index contributed by atoms with van der Waals surface area (Å²) in [5.74, 6) is 0.661. The molecule has 1 aliphatic carbocycles. The number of carbonyl (C=O) groups is 1. The highest BCUT2D eigenvalue weighted by Gasteiger charge is 2.41. The molecule has 0 aromatic rings. The Morgan fingerprint density at radius 3 is 2.31 bits per heavy atom. The molecule has 2 nitrogen and oxygen atoms in total. The van der Waals surface area contributed by atoms with Crippen molar-refractivity contribution >= 4 is 6.29 Å². The third kappa shape index (κ3) is 1.64. The van der Waals surface area contributed by atoms with E-state index in [4.69, 9.17) is 4.74 Å². The Labute approximate surface area is 79.7 Å². The van der Waals surface area contributed by atoms with Gasteiger partial charge in [-0.15, -0.1) is 0 Å². The normalized spacial score (nSPS) is 28.9. The molecule has 0 amide bonds. The standard InChI is InChI=1S/C11H18O2/c12-9-11(5-7-13-8-6-11)10-3-1-2-4-10/h9-10H,1-8H2. The number of ether oxygens (including phenoxy) is 1. The first-order chi connectivity index (χ1) is 6.37. The number of hydrogen-bond acceptors (Lipinski definition) is 2. The molecule has 2 fully saturated rings. The van der Waals surface area contributed by atoms with E-state index in [0.717, 1.165) is 26.1 Å². The Hall–Kier alpha value is -0.370. The molecule has 0 atom stereocenters. The summed E-state index contributed by atoms with van der Waals surface area (Å²) in [5, 5.41) is 0. The van der Waals surface area contributed by atoms with E-state index in [1.54, 1.807) is 0 Å². The molecule has 2 rings (SSSR count). The van der Waals surface area contributed by atoms with Gasteiger partial charge in [0.25, 0.3) is 0 Å². The molecule has 0 N–H and O–H groups in total. The largest absolute Gasteiger partial charge is 0.381 e. The molecule has 0 aromatic carbocycles. The summed E-state index contributed by atoms with van der Waals surface area (Å²) in [7, 11) is 0. The van der Waals surface area contributed by atoms with Gasteiger partial charge in [0, 0.05) is 18.6 Å². The highest BCUT2D eigenvalue weighted by molar-refractivity contribution is 5.60. The molecule has 13 heavy (non-hydrogen) atoms. The van der Waals surface area contributed by atoms with Gasteiger partial charge in [0.15, 0.2) is 0 Å². The van der Waals surface area contributed by atoms with Crippen LogP contribution in [0.1, 0.15) is 38.5 Å². The Morgan fingerprint density at radius 2 is 1.77 bits per heavy atom. The average molecular weight is 182 g/mol. The zero-order valence-electron chi connectivity index (χ0n) is 8.13. The fourth-order valence-electron chi connectivity index (χ4n) is 2.87. The van der Waals surface area contributed by atoms with Crippen molar-refractivity contribution in [1.82, 2.24) is 0 Å². The fraction of sp³-hybridized carbons (Fsp3) is 0.909. The van der Waals surface area contributed by atoms with Crippen LogP contribution in [-0.4, -0.2) is 19.5 Å². The Balaban J connectivity index is 2.07. The SMILES string of the molecule is O=CC1(C2CCCC2)CCOCC1. The minimum atomic E-state index is -0.00521. The van der Waals surface area contributed by atoms with Gasteiger partial charge in [0.1, 0.15) is 6.29 Å². The molecule has 0 unspecified atom stereocenters. The Morgan fingerprint density at radius 1 is 1.15 bits per heavy atom. The first-order valence-corrected chi connectivity index (χ1v) is 5.41. The number of carbonyl (C=O) groups excluding carboxylic acids is 1. The van der Waals surface area contributed by atoms with Crippen molar-refractivity contribution < 1.29 is 9.53 Å². The summed E-state index contributed by atoms with van der Waals surface area (Å²) in [6.07, 6.45) is 8.31. The van der Waals surface area contributed by atoms with Gasteiger partial charge in [-0.25, -0.2) is 0 Å². The van der Waals surface area contributed by atoms with Gasteiger partial charge >= 0.3 is 0 Å². The molecule has 74 valence electrons. The zero-order chi connectivity index (χ0) is 9.15. The molecule has 0 spiro atoms. The Kier molecular flexibility index (Phi) is 2.68. The zero-order valence-corrected chi connectivity index (χ0v) is 8.13. The summed E-state index contributed by atoms with van der Waals surface area (Å²) >= 11 is 0. The summed E-state index contributed by atoms with van der Waals surface area (Å²) < 4.78 is 5.33. The van der Waals surface area contributed by atoms with Crippen LogP contribution in [0.25, 0.3) is 0 Å². The van der Waals surface area contributed by atoms with E-state index in [-0.39, 0.29) is 5.41 Å². The lowest BCUT2D eigenvalue weighted by molar-refractivity contribution is -0.125. The first-order valence-electron chi connectivity index (χ1n) is 5.41. The molecule has 1 saturated heterocycles. The highest BCUT2D eigenvalue weighted by atomic mass is 16.5. The molecule has 2 heteroatoms. The smallest absolute Gasteiger partial charge is 0.126 e. The molecule has 1 saturated carbocycles. The van der Waals surface area contributed by atoms with Gasteiger partial charge in [-0.2, -0.15) is 0 Å². The molecule has 1 heterocycles. The Bertz CT molecular complexity index is 177. The third-order valence-corrected chi connectivity index (χ3v) is 3.83. The van der Waals surface area contributed by atoms with Crippen molar-refractivity contribution in [3.63, 3.8) is 0 Å². The first kappa shape index (κ1) is 9.20. The number of aldehydes is 1. The maximum Gasteiger partial charge on any atom is 0.126 e. The van der Waals surface area contributed by atoms with E-state index < -0.39 is 0 Å². The van der Waals surface area contributed by atoms with Crippen molar-refractivity contribution in [2.45, 2.75) is 38.5 Å². The molecule has 2 aliphatic rings. The van der Waals surface area contributed by atoms with Crippen molar-refractivity contribution in [2.24, 2.45) is 11.3 Å². The van der Waals surface area contributed by atoms with Crippen LogP contribution in [0.2, 0.25) is 0 Å². The van der Waals surface area contributed by atoms with E-state index in [0.29, 0.717) is 5.92 Å². The predicted octanol–water partition coefficient (Wildman–Crippen LogP) is 2.17. The number of hydrogen-bond donors (Lipinski definition) is 0. The lowest BCUT2D eigenvalue weighted by Crippen LogP contribution is -2.37. The van der Waals surface area contributed by atoms with Crippen molar-refractivity contribution in [1.29, 1.82) is 0 Å². The molecule has 0 aromatic heterocycles. The van der Waals surface area contributed by atoms with Crippen molar-refractivity contribution in [3.05, 3.63) is 0 Å². The maximum absolute atomic E-state index is 11.2. The summed E-state index contributed by atoms with van der Waals surface area (Å²) in [6, 6.07) is 0. The second-order valence-corrected chi connectivity index (χ2v) is 4.44. The van der Waals surface area contributed by atoms with Crippen molar-refractivity contribution in [3.8, 4) is 0 Å². The molecule has 0 bridgehead atoms. The van der Waals surface area contributed by atoms with E-state index in [1.807, 2.05) is 0 Å². The van der Waals surface area contributed by atoms with Crippen LogP contribution in [-0.2, 0) is 9.53 Å². The summed E-state index contributed by atoms with van der Waals surface area (Å²) in [5.41, 5.74) is -0.00521. The van der Waals surface area contributed by atoms with Crippen LogP contribution in [0.3, 0.4) is 0 Å². The van der Waals surface area contributed by atoms with Crippen LogP contribution in [0.4, 0.5) is 0 Å². The van der Waals surface area contributed by atoms with Gasteiger partial charge in [-0.3, -0.25) is 0 Å². The van der Waals surface area contributed by atoms with Gasteiger partial charge in [-0.05, 0) is 31.6 Å². The second kappa shape index (κ2) is 3.79. The average Bonchev–Trinajstić information content (AvgIpc) is 2.72. The summed E-state index contributed by atoms with van der Waals surface area (Å²) in [6.45, 7) is 1.57. The van der Waals surface area contributed by atoms with Crippen LogP contribution < -0.4 is 0 Å². The maximum atomic E-state index is 11.2. The quantitative estimate of drug-likeness (QED) is 0.612. The molecule has 1 aliphatic heterocycles. The van der Waals surface area contributed by atoms with E-state index >= 15 is 0 Å². The van der Waals surface area contributed by atoms with E-state index in [2.05, 4.69) is 0 Å². The van der Waals surface area contributed by atoms with Crippen molar-refractivity contribution in [2.75, 3.05) is 13.2 Å². The minimum absolute atomic E-state index is 0.00521. The van der Waals surface area contributed by atoms with Gasteiger partial charge in [-0.1, -0.05) is 12.8 Å². The third-order valence-electron chi connectivity index (χ3n) is 3.83. The van der Waals surface area contributed by atoms with Gasteiger partial charge < -0.3 is 9.53 Å². The summed E-state index contributed by atoms with van der Waals surface area (Å²) in [4.78, 5) is 11.2. The van der Waals surface area contributed by atoms with E-state index in [9.17, 15) is 4.79 Å². The second-order valence-electron chi connectivity index (χ2n) is 4.44. The molecule has 0 radical (unpaired) electrons. The topological polar surface area (TPSA) is 26.3 Å². The van der Waals surface area contributed by atoms with Crippen LogP contribution in [0, 0.1) is 11.3 Å². The lowest BCUT2D eigenvalue weighted by atomic mass is 9.70. The number of rotatable bonds is 2. The molecular formula is C11H18O2. The van der Waals surface area contributed by atoms with Crippen LogP contribution in [0.15, 0.2) is 0 Å². The van der Waals surface area contributed by atoms with Gasteiger partial charge in [0.2, 0.25) is 0 Å². The van der Waals surface area contributed by atoms with Crippen LogP contribution in [0.5, 0.6) is 0 Å². The highest BCUT2D eigenvalue weighted by Crippen LogP contribution is 2.44. The lowest BCUT2D eigenvalue weighted by Gasteiger charge is -2.37. The van der Waals surface area contributed by atoms with Crippen LogP contribution >= 0.6 is 0 Å². The van der Waals surface area contributed by atoms with Gasteiger partial charge in [0.05, 0.1) is 0 Å².